The molecule has 2 aromatic rings. The van der Waals surface area contributed by atoms with E-state index >= 15 is 0 Å². The van der Waals surface area contributed by atoms with Crippen LogP contribution in [0.2, 0.25) is 0 Å². The van der Waals surface area contributed by atoms with Gasteiger partial charge in [-0.3, -0.25) is 4.79 Å². The summed E-state index contributed by atoms with van der Waals surface area (Å²) in [6.07, 6.45) is 6.45. The Balaban J connectivity index is 1.62. The third kappa shape index (κ3) is 3.96. The van der Waals surface area contributed by atoms with Gasteiger partial charge in [0.1, 0.15) is 12.7 Å². The summed E-state index contributed by atoms with van der Waals surface area (Å²) in [5.41, 5.74) is 1.57. The van der Waals surface area contributed by atoms with Crippen molar-refractivity contribution in [3.8, 4) is 0 Å². The molecule has 0 bridgehead atoms. The van der Waals surface area contributed by atoms with E-state index in [1.807, 2.05) is 24.3 Å². The highest BCUT2D eigenvalue weighted by Crippen LogP contribution is 2.43. The average molecular weight is 356 g/mol. The first kappa shape index (κ1) is 18.6. The van der Waals surface area contributed by atoms with E-state index in [0.29, 0.717) is 12.1 Å². The van der Waals surface area contributed by atoms with E-state index < -0.39 is 0 Å². The number of unbranched alkanes of at least 4 members (excludes halogenated alkanes) is 1. The Hall–Kier alpha value is -2.21. The van der Waals surface area contributed by atoms with Gasteiger partial charge in [0.05, 0.1) is 12.6 Å². The zero-order chi connectivity index (χ0) is 18.6. The third-order valence-electron chi connectivity index (χ3n) is 5.36. The predicted octanol–water partition coefficient (Wildman–Crippen LogP) is 3.04. The summed E-state index contributed by atoms with van der Waals surface area (Å²) < 4.78 is 7.69. The molecule has 1 aromatic carbocycles. The molecule has 3 rings (SSSR count). The van der Waals surface area contributed by atoms with Crippen molar-refractivity contribution >= 4 is 5.91 Å². The second-order valence-electron chi connectivity index (χ2n) is 7.55. The van der Waals surface area contributed by atoms with E-state index in [1.165, 1.54) is 6.33 Å². The number of hydrogen-bond acceptors (Lipinski definition) is 4. The lowest BCUT2D eigenvalue weighted by Gasteiger charge is -2.51. The average Bonchev–Trinajstić information content (AvgIpc) is 3.13. The fraction of sp³-hybridized carbons (Fsp3) is 0.550. The van der Waals surface area contributed by atoms with Gasteiger partial charge in [0.2, 0.25) is 0 Å². The molecular weight excluding hydrogens is 328 g/mol. The number of nitrogens with one attached hydrogen (secondary N) is 1. The van der Waals surface area contributed by atoms with Crippen molar-refractivity contribution < 1.29 is 9.53 Å². The monoisotopic (exact) mass is 356 g/mol. The Labute approximate surface area is 155 Å². The van der Waals surface area contributed by atoms with E-state index in [-0.39, 0.29) is 23.5 Å². The number of carbonyl (C=O) groups is 1. The Kier molecular flexibility index (Phi) is 5.71. The third-order valence-corrected chi connectivity index (χ3v) is 5.36. The fourth-order valence-electron chi connectivity index (χ4n) is 3.39. The zero-order valence-corrected chi connectivity index (χ0v) is 15.8. The molecule has 1 amide bonds. The van der Waals surface area contributed by atoms with Crippen molar-refractivity contribution in [1.29, 1.82) is 0 Å². The van der Waals surface area contributed by atoms with Crippen molar-refractivity contribution in [2.75, 3.05) is 6.61 Å². The van der Waals surface area contributed by atoms with Crippen LogP contribution in [0.1, 0.15) is 56.0 Å². The molecule has 6 heteroatoms. The number of rotatable bonds is 8. The molecule has 0 radical (unpaired) electrons. The van der Waals surface area contributed by atoms with Gasteiger partial charge in [-0.1, -0.05) is 45.4 Å². The van der Waals surface area contributed by atoms with Crippen molar-refractivity contribution in [3.63, 3.8) is 0 Å². The standard InChI is InChI=1S/C20H28N4O2/c1-4-5-10-26-18-11-17(20(18,2)3)23-19(25)16-9-7-6-8-15(16)12-24-14-21-13-22-24/h6-9,13-14,17-18H,4-5,10-12H2,1-3H3,(H,23,25). The Morgan fingerprint density at radius 2 is 2.19 bits per heavy atom. The van der Waals surface area contributed by atoms with E-state index in [0.717, 1.165) is 31.4 Å². The van der Waals surface area contributed by atoms with Gasteiger partial charge < -0.3 is 10.1 Å². The van der Waals surface area contributed by atoms with Gasteiger partial charge in [-0.2, -0.15) is 5.10 Å². The number of hydrogen-bond donors (Lipinski definition) is 1. The van der Waals surface area contributed by atoms with Crippen molar-refractivity contribution in [3.05, 3.63) is 48.0 Å². The van der Waals surface area contributed by atoms with Crippen LogP contribution >= 0.6 is 0 Å². The minimum atomic E-state index is -0.0513. The molecule has 1 aliphatic rings. The quantitative estimate of drug-likeness (QED) is 0.738. The summed E-state index contributed by atoms with van der Waals surface area (Å²) in [4.78, 5) is 16.8. The van der Waals surface area contributed by atoms with Gasteiger partial charge in [0, 0.05) is 23.6 Å². The lowest BCUT2D eigenvalue weighted by Crippen LogP contribution is -2.62. The summed E-state index contributed by atoms with van der Waals surface area (Å²) in [6.45, 7) is 7.82. The molecule has 1 aromatic heterocycles. The van der Waals surface area contributed by atoms with Gasteiger partial charge in [-0.05, 0) is 24.5 Å². The van der Waals surface area contributed by atoms with Gasteiger partial charge in [-0.15, -0.1) is 0 Å². The number of amides is 1. The van der Waals surface area contributed by atoms with Crippen LogP contribution < -0.4 is 5.32 Å². The summed E-state index contributed by atoms with van der Waals surface area (Å²) in [7, 11) is 0. The molecule has 1 fully saturated rings. The Morgan fingerprint density at radius 1 is 1.38 bits per heavy atom. The second-order valence-corrected chi connectivity index (χ2v) is 7.55. The number of ether oxygens (including phenoxy) is 1. The van der Waals surface area contributed by atoms with Crippen molar-refractivity contribution in [2.45, 2.75) is 58.7 Å². The van der Waals surface area contributed by atoms with Crippen LogP contribution in [0.25, 0.3) is 0 Å². The zero-order valence-electron chi connectivity index (χ0n) is 15.8. The molecule has 0 saturated heterocycles. The molecular formula is C20H28N4O2. The number of nitrogens with zero attached hydrogens (tertiary/aromatic N) is 3. The van der Waals surface area contributed by atoms with Crippen LogP contribution in [0.4, 0.5) is 0 Å². The van der Waals surface area contributed by atoms with Crippen LogP contribution in [0.3, 0.4) is 0 Å². The second kappa shape index (κ2) is 7.99. The Bertz CT molecular complexity index is 727. The normalized spacial score (nSPS) is 21.2. The number of benzene rings is 1. The highest BCUT2D eigenvalue weighted by Gasteiger charge is 2.49. The summed E-state index contributed by atoms with van der Waals surface area (Å²) in [5.74, 6) is -0.0363. The maximum atomic E-state index is 12.9. The molecule has 0 aliphatic heterocycles. The summed E-state index contributed by atoms with van der Waals surface area (Å²) in [5, 5.41) is 7.33. The van der Waals surface area contributed by atoms with Gasteiger partial charge >= 0.3 is 0 Å². The molecule has 1 saturated carbocycles. The highest BCUT2D eigenvalue weighted by atomic mass is 16.5. The fourth-order valence-corrected chi connectivity index (χ4v) is 3.39. The molecule has 2 atom stereocenters. The molecule has 1 N–H and O–H groups in total. The number of aromatic nitrogens is 3. The maximum absolute atomic E-state index is 12.9. The predicted molar refractivity (Wildman–Crippen MR) is 99.9 cm³/mol. The topological polar surface area (TPSA) is 69.0 Å². The van der Waals surface area contributed by atoms with Crippen LogP contribution in [0, 0.1) is 5.41 Å². The maximum Gasteiger partial charge on any atom is 0.251 e. The van der Waals surface area contributed by atoms with Crippen molar-refractivity contribution in [2.24, 2.45) is 5.41 Å². The summed E-state index contributed by atoms with van der Waals surface area (Å²) >= 11 is 0. The van der Waals surface area contributed by atoms with Crippen LogP contribution in [-0.4, -0.2) is 39.4 Å². The lowest BCUT2D eigenvalue weighted by molar-refractivity contribution is -0.115. The highest BCUT2D eigenvalue weighted by molar-refractivity contribution is 5.96. The first-order valence-electron chi connectivity index (χ1n) is 9.35. The lowest BCUT2D eigenvalue weighted by atomic mass is 9.64. The van der Waals surface area contributed by atoms with Crippen LogP contribution in [0.15, 0.2) is 36.9 Å². The first-order chi connectivity index (χ1) is 12.5. The molecule has 2 unspecified atom stereocenters. The minimum absolute atomic E-state index is 0.0363. The van der Waals surface area contributed by atoms with E-state index in [9.17, 15) is 4.79 Å². The van der Waals surface area contributed by atoms with Crippen LogP contribution in [-0.2, 0) is 11.3 Å². The van der Waals surface area contributed by atoms with Gasteiger partial charge in [0.15, 0.2) is 0 Å². The largest absolute Gasteiger partial charge is 0.378 e. The Morgan fingerprint density at radius 3 is 2.88 bits per heavy atom. The molecule has 0 spiro atoms. The van der Waals surface area contributed by atoms with E-state index in [2.05, 4.69) is 36.2 Å². The van der Waals surface area contributed by atoms with Gasteiger partial charge in [0.25, 0.3) is 5.91 Å². The SMILES string of the molecule is CCCCOC1CC(NC(=O)c2ccccc2Cn2cncn2)C1(C)C. The van der Waals surface area contributed by atoms with Gasteiger partial charge in [-0.25, -0.2) is 9.67 Å². The van der Waals surface area contributed by atoms with E-state index in [4.69, 9.17) is 4.74 Å². The summed E-state index contributed by atoms with van der Waals surface area (Å²) in [6, 6.07) is 7.78. The molecule has 1 heterocycles. The van der Waals surface area contributed by atoms with Crippen LogP contribution in [0.5, 0.6) is 0 Å². The first-order valence-corrected chi connectivity index (χ1v) is 9.35. The molecule has 26 heavy (non-hydrogen) atoms. The minimum Gasteiger partial charge on any atom is -0.378 e. The molecule has 6 nitrogen and oxygen atoms in total. The smallest absolute Gasteiger partial charge is 0.251 e. The van der Waals surface area contributed by atoms with E-state index in [1.54, 1.807) is 11.0 Å². The number of carbonyl (C=O) groups excluding carboxylic acids is 1. The molecule has 1 aliphatic carbocycles. The van der Waals surface area contributed by atoms with Crippen molar-refractivity contribution in [1.82, 2.24) is 20.1 Å². The molecule has 140 valence electrons.